The molecule has 0 aromatic heterocycles. The second-order valence-electron chi connectivity index (χ2n) is 5.41. The number of hydrogen-bond acceptors (Lipinski definition) is 3. The van der Waals surface area contributed by atoms with E-state index in [2.05, 4.69) is 10.0 Å². The summed E-state index contributed by atoms with van der Waals surface area (Å²) < 4.78 is 40.5. The predicted octanol–water partition coefficient (Wildman–Crippen LogP) is 3.07. The maximum absolute atomic E-state index is 13.4. The molecule has 0 radical (unpaired) electrons. The first-order valence-corrected chi connectivity index (χ1v) is 9.09. The Morgan fingerprint density at radius 2 is 2.00 bits per heavy atom. The molecule has 8 heteroatoms. The third-order valence-corrected chi connectivity index (χ3v) is 5.46. The molecule has 3 rings (SSSR count). The van der Waals surface area contributed by atoms with Crippen molar-refractivity contribution in [1.29, 1.82) is 0 Å². The number of sulfonamides is 1. The van der Waals surface area contributed by atoms with Gasteiger partial charge in [0, 0.05) is 17.6 Å². The number of halogens is 3. The lowest BCUT2D eigenvalue weighted by Crippen LogP contribution is -2.38. The standard InChI is InChI=1S/C16H16ClFN2O2S.ClH/c17-12-7-13(18)9-14(8-12)23(21,22)20-10-16-15-4-2-1-3-11(15)5-6-19-16;/h1-4,7-9,16,19-20H,5-6,10H2;1H. The van der Waals surface area contributed by atoms with Crippen LogP contribution in [-0.4, -0.2) is 21.5 Å². The summed E-state index contributed by atoms with van der Waals surface area (Å²) in [5.41, 5.74) is 2.29. The van der Waals surface area contributed by atoms with E-state index in [1.54, 1.807) is 0 Å². The normalized spacial score (nSPS) is 17.0. The maximum atomic E-state index is 13.4. The molecule has 1 aliphatic heterocycles. The Kier molecular flexibility index (Phi) is 6.22. The largest absolute Gasteiger partial charge is 0.308 e. The summed E-state index contributed by atoms with van der Waals surface area (Å²) in [6.07, 6.45) is 0.916. The van der Waals surface area contributed by atoms with Crippen LogP contribution in [0.3, 0.4) is 0 Å². The molecule has 0 saturated heterocycles. The van der Waals surface area contributed by atoms with Gasteiger partial charge in [0.25, 0.3) is 0 Å². The molecular formula is C16H17Cl2FN2O2S. The predicted molar refractivity (Wildman–Crippen MR) is 94.7 cm³/mol. The quantitative estimate of drug-likeness (QED) is 0.843. The van der Waals surface area contributed by atoms with Crippen LogP contribution in [0.4, 0.5) is 4.39 Å². The summed E-state index contributed by atoms with van der Waals surface area (Å²) in [6, 6.07) is 11.1. The van der Waals surface area contributed by atoms with E-state index < -0.39 is 15.8 Å². The van der Waals surface area contributed by atoms with Gasteiger partial charge in [0.2, 0.25) is 10.0 Å². The zero-order valence-electron chi connectivity index (χ0n) is 12.6. The Hall–Kier alpha value is -1.18. The molecule has 2 N–H and O–H groups in total. The minimum Gasteiger partial charge on any atom is -0.308 e. The fourth-order valence-corrected chi connectivity index (χ4v) is 4.12. The fraction of sp³-hybridized carbons (Fsp3) is 0.250. The number of fused-ring (bicyclic) bond motifs is 1. The van der Waals surface area contributed by atoms with Crippen molar-refractivity contribution < 1.29 is 12.8 Å². The fourth-order valence-electron chi connectivity index (χ4n) is 2.74. The van der Waals surface area contributed by atoms with E-state index in [0.717, 1.165) is 30.7 Å². The molecule has 24 heavy (non-hydrogen) atoms. The van der Waals surface area contributed by atoms with Crippen molar-refractivity contribution in [1.82, 2.24) is 10.0 Å². The van der Waals surface area contributed by atoms with Gasteiger partial charge in [-0.1, -0.05) is 35.9 Å². The van der Waals surface area contributed by atoms with Gasteiger partial charge in [0.1, 0.15) is 5.82 Å². The van der Waals surface area contributed by atoms with Gasteiger partial charge in [-0.15, -0.1) is 12.4 Å². The van der Waals surface area contributed by atoms with Gasteiger partial charge in [0.05, 0.1) is 4.90 Å². The minimum atomic E-state index is -3.82. The van der Waals surface area contributed by atoms with E-state index in [-0.39, 0.29) is 34.9 Å². The summed E-state index contributed by atoms with van der Waals surface area (Å²) in [5.74, 6) is -0.681. The molecule has 2 aromatic carbocycles. The zero-order chi connectivity index (χ0) is 16.4. The van der Waals surface area contributed by atoms with E-state index in [9.17, 15) is 12.8 Å². The smallest absolute Gasteiger partial charge is 0.240 e. The van der Waals surface area contributed by atoms with Crippen molar-refractivity contribution >= 4 is 34.0 Å². The number of benzene rings is 2. The van der Waals surface area contributed by atoms with Crippen LogP contribution in [0.2, 0.25) is 5.02 Å². The van der Waals surface area contributed by atoms with Gasteiger partial charge in [-0.2, -0.15) is 0 Å². The molecule has 1 heterocycles. The lowest BCUT2D eigenvalue weighted by molar-refractivity contribution is 0.491. The average Bonchev–Trinajstić information content (AvgIpc) is 2.52. The second kappa shape index (κ2) is 7.80. The second-order valence-corrected chi connectivity index (χ2v) is 7.62. The van der Waals surface area contributed by atoms with Gasteiger partial charge in [-0.05, 0) is 42.3 Å². The molecule has 0 aliphatic carbocycles. The molecule has 4 nitrogen and oxygen atoms in total. The van der Waals surface area contributed by atoms with Crippen LogP contribution in [0.5, 0.6) is 0 Å². The van der Waals surface area contributed by atoms with E-state index in [4.69, 9.17) is 11.6 Å². The molecule has 0 spiro atoms. The first-order chi connectivity index (χ1) is 11.0. The Morgan fingerprint density at radius 3 is 2.75 bits per heavy atom. The maximum Gasteiger partial charge on any atom is 0.240 e. The van der Waals surface area contributed by atoms with Gasteiger partial charge >= 0.3 is 0 Å². The Morgan fingerprint density at radius 1 is 1.25 bits per heavy atom. The highest BCUT2D eigenvalue weighted by Crippen LogP contribution is 2.23. The highest BCUT2D eigenvalue weighted by Gasteiger charge is 2.22. The molecule has 2 aromatic rings. The van der Waals surface area contributed by atoms with Crippen LogP contribution in [0.15, 0.2) is 47.4 Å². The van der Waals surface area contributed by atoms with E-state index in [1.807, 2.05) is 24.3 Å². The summed E-state index contributed by atoms with van der Waals surface area (Å²) in [6.45, 7) is 0.975. The monoisotopic (exact) mass is 390 g/mol. The Balaban J connectivity index is 0.00000208. The topological polar surface area (TPSA) is 58.2 Å². The number of rotatable bonds is 4. The average molecular weight is 391 g/mol. The molecule has 0 bridgehead atoms. The summed E-state index contributed by atoms with van der Waals surface area (Å²) >= 11 is 5.73. The third kappa shape index (κ3) is 4.26. The van der Waals surface area contributed by atoms with Crippen molar-refractivity contribution in [3.63, 3.8) is 0 Å². The van der Waals surface area contributed by atoms with Crippen LogP contribution in [0, 0.1) is 5.82 Å². The third-order valence-electron chi connectivity index (χ3n) is 3.84. The molecule has 0 saturated carbocycles. The SMILES string of the molecule is Cl.O=S(=O)(NCC1NCCc2ccccc21)c1cc(F)cc(Cl)c1. The highest BCUT2D eigenvalue weighted by molar-refractivity contribution is 7.89. The molecule has 0 fully saturated rings. The molecule has 1 atom stereocenters. The van der Waals surface area contributed by atoms with Crippen molar-refractivity contribution in [3.05, 3.63) is 64.4 Å². The molecular weight excluding hydrogens is 374 g/mol. The van der Waals surface area contributed by atoms with Gasteiger partial charge in [0.15, 0.2) is 0 Å². The van der Waals surface area contributed by atoms with Crippen LogP contribution >= 0.6 is 24.0 Å². The summed E-state index contributed by atoms with van der Waals surface area (Å²) in [7, 11) is -3.82. The number of hydrogen-bond donors (Lipinski definition) is 2. The number of nitrogens with one attached hydrogen (secondary N) is 2. The van der Waals surface area contributed by atoms with Gasteiger partial charge in [-0.3, -0.25) is 0 Å². The van der Waals surface area contributed by atoms with E-state index in [0.29, 0.717) is 0 Å². The van der Waals surface area contributed by atoms with Crippen LogP contribution in [0.25, 0.3) is 0 Å². The van der Waals surface area contributed by atoms with Crippen LogP contribution < -0.4 is 10.0 Å². The lowest BCUT2D eigenvalue weighted by Gasteiger charge is -2.27. The Labute approximate surface area is 151 Å². The van der Waals surface area contributed by atoms with Crippen molar-refractivity contribution in [2.75, 3.05) is 13.1 Å². The lowest BCUT2D eigenvalue weighted by atomic mass is 9.95. The minimum absolute atomic E-state index is 0. The van der Waals surface area contributed by atoms with E-state index >= 15 is 0 Å². The highest BCUT2D eigenvalue weighted by atomic mass is 35.5. The first kappa shape index (κ1) is 19.1. The van der Waals surface area contributed by atoms with E-state index in [1.165, 1.54) is 11.6 Å². The molecule has 130 valence electrons. The molecule has 1 aliphatic rings. The molecule has 0 amide bonds. The van der Waals surface area contributed by atoms with Crippen LogP contribution in [-0.2, 0) is 16.4 Å². The zero-order valence-corrected chi connectivity index (χ0v) is 15.0. The van der Waals surface area contributed by atoms with Gasteiger partial charge < -0.3 is 5.32 Å². The van der Waals surface area contributed by atoms with Gasteiger partial charge in [-0.25, -0.2) is 17.5 Å². The first-order valence-electron chi connectivity index (χ1n) is 7.23. The van der Waals surface area contributed by atoms with Crippen LogP contribution in [0.1, 0.15) is 17.2 Å². The molecule has 1 unspecified atom stereocenters. The Bertz CT molecular complexity index is 810. The van der Waals surface area contributed by atoms with Crippen molar-refractivity contribution in [2.24, 2.45) is 0 Å². The van der Waals surface area contributed by atoms with Crippen molar-refractivity contribution in [2.45, 2.75) is 17.4 Å². The summed E-state index contributed by atoms with van der Waals surface area (Å²) in [5, 5.41) is 3.34. The summed E-state index contributed by atoms with van der Waals surface area (Å²) in [4.78, 5) is -0.174. The van der Waals surface area contributed by atoms with Crippen molar-refractivity contribution in [3.8, 4) is 0 Å².